The number of esters is 1. The lowest BCUT2D eigenvalue weighted by Gasteiger charge is -2.26. The molecule has 164 valence electrons. The van der Waals surface area contributed by atoms with Gasteiger partial charge in [-0.3, -0.25) is 14.8 Å². The first kappa shape index (κ1) is 21.0. The summed E-state index contributed by atoms with van der Waals surface area (Å²) < 4.78 is 4.82. The number of methoxy groups -OCH3 is 1. The van der Waals surface area contributed by atoms with Gasteiger partial charge in [-0.1, -0.05) is 53.6 Å². The Labute approximate surface area is 195 Å². The van der Waals surface area contributed by atoms with Crippen LogP contribution in [0.3, 0.4) is 0 Å². The largest absolute Gasteiger partial charge is 0.465 e. The minimum absolute atomic E-state index is 0.163. The summed E-state index contributed by atoms with van der Waals surface area (Å²) in [5.41, 5.74) is 5.95. The Hall–Kier alpha value is -3.90. The summed E-state index contributed by atoms with van der Waals surface area (Å²) in [5, 5.41) is 8.05. The van der Waals surface area contributed by atoms with Gasteiger partial charge >= 0.3 is 5.97 Å². The van der Waals surface area contributed by atoms with Crippen LogP contribution in [0.1, 0.15) is 43.6 Å². The zero-order valence-corrected chi connectivity index (χ0v) is 18.8. The number of amides is 1. The van der Waals surface area contributed by atoms with Crippen molar-refractivity contribution in [3.05, 3.63) is 106 Å². The highest BCUT2D eigenvalue weighted by Crippen LogP contribution is 2.45. The summed E-state index contributed by atoms with van der Waals surface area (Å²) in [6.07, 6.45) is 0. The fourth-order valence-corrected chi connectivity index (χ4v) is 4.31. The predicted octanol–water partition coefficient (Wildman–Crippen LogP) is 5.57. The van der Waals surface area contributed by atoms with E-state index in [0.29, 0.717) is 22.0 Å². The number of nitrogens with zero attached hydrogens (tertiary/aromatic N) is 2. The van der Waals surface area contributed by atoms with E-state index in [-0.39, 0.29) is 5.91 Å². The van der Waals surface area contributed by atoms with Crippen molar-refractivity contribution in [2.75, 3.05) is 12.0 Å². The van der Waals surface area contributed by atoms with Gasteiger partial charge in [0.25, 0.3) is 5.91 Å². The minimum Gasteiger partial charge on any atom is -0.465 e. The number of ether oxygens (including phenoxy) is 1. The SMILES string of the molecule is COC(=O)c1ccc([C@H]2c3c(-c4ccc(Cl)cc4)n[nH]c3C(=O)N2c2ccc(C)cc2)cc1. The quantitative estimate of drug-likeness (QED) is 0.406. The summed E-state index contributed by atoms with van der Waals surface area (Å²) in [7, 11) is 1.35. The van der Waals surface area contributed by atoms with Crippen LogP contribution in [0, 0.1) is 6.92 Å². The summed E-state index contributed by atoms with van der Waals surface area (Å²) in [6, 6.07) is 21.9. The molecule has 2 heterocycles. The van der Waals surface area contributed by atoms with E-state index in [0.717, 1.165) is 27.9 Å². The molecule has 1 atom stereocenters. The number of aromatic nitrogens is 2. The number of anilines is 1. The fraction of sp³-hybridized carbons (Fsp3) is 0.115. The zero-order chi connectivity index (χ0) is 23.1. The number of benzene rings is 3. The Morgan fingerprint density at radius 1 is 1.00 bits per heavy atom. The maximum absolute atomic E-state index is 13.5. The monoisotopic (exact) mass is 457 g/mol. The number of nitrogens with one attached hydrogen (secondary N) is 1. The van der Waals surface area contributed by atoms with Crippen LogP contribution in [0.4, 0.5) is 5.69 Å². The lowest BCUT2D eigenvalue weighted by molar-refractivity contribution is 0.0600. The third kappa shape index (κ3) is 3.58. The second-order valence-electron chi connectivity index (χ2n) is 7.89. The van der Waals surface area contributed by atoms with Crippen molar-refractivity contribution in [1.29, 1.82) is 0 Å². The Kier molecular flexibility index (Phi) is 5.23. The molecule has 33 heavy (non-hydrogen) atoms. The van der Waals surface area contributed by atoms with Crippen molar-refractivity contribution in [2.24, 2.45) is 0 Å². The van der Waals surface area contributed by atoms with Gasteiger partial charge in [0.15, 0.2) is 0 Å². The molecule has 6 nitrogen and oxygen atoms in total. The summed E-state index contributed by atoms with van der Waals surface area (Å²) >= 11 is 6.08. The molecule has 1 N–H and O–H groups in total. The van der Waals surface area contributed by atoms with Crippen LogP contribution >= 0.6 is 11.6 Å². The molecule has 0 saturated carbocycles. The number of fused-ring (bicyclic) bond motifs is 1. The van der Waals surface area contributed by atoms with E-state index in [1.54, 1.807) is 29.2 Å². The van der Waals surface area contributed by atoms with Crippen molar-refractivity contribution < 1.29 is 14.3 Å². The molecule has 1 amide bonds. The molecule has 7 heteroatoms. The molecule has 0 radical (unpaired) electrons. The molecule has 0 saturated heterocycles. The molecule has 1 aliphatic heterocycles. The maximum atomic E-state index is 13.5. The van der Waals surface area contributed by atoms with Crippen LogP contribution in [0.5, 0.6) is 0 Å². The van der Waals surface area contributed by atoms with Gasteiger partial charge in [0.1, 0.15) is 5.69 Å². The number of aryl methyl sites for hydroxylation is 1. The molecule has 4 aromatic rings. The lowest BCUT2D eigenvalue weighted by atomic mass is 9.95. The molecular weight excluding hydrogens is 438 g/mol. The minimum atomic E-state index is -0.425. The number of H-pyrrole nitrogens is 1. The van der Waals surface area contributed by atoms with Crippen molar-refractivity contribution in [3.63, 3.8) is 0 Å². The first-order chi connectivity index (χ1) is 16.0. The highest BCUT2D eigenvalue weighted by molar-refractivity contribution is 6.30. The van der Waals surface area contributed by atoms with Crippen LogP contribution < -0.4 is 4.90 Å². The Balaban J connectivity index is 1.68. The Morgan fingerprint density at radius 2 is 1.67 bits per heavy atom. The van der Waals surface area contributed by atoms with Crippen molar-refractivity contribution in [1.82, 2.24) is 10.2 Å². The third-order valence-electron chi connectivity index (χ3n) is 5.85. The summed E-state index contributed by atoms with van der Waals surface area (Å²) in [4.78, 5) is 27.2. The van der Waals surface area contributed by atoms with Gasteiger partial charge in [-0.15, -0.1) is 0 Å². The van der Waals surface area contributed by atoms with Crippen molar-refractivity contribution in [3.8, 4) is 11.3 Å². The molecule has 0 bridgehead atoms. The molecule has 5 rings (SSSR count). The van der Waals surface area contributed by atoms with Gasteiger partial charge in [-0.25, -0.2) is 4.79 Å². The standard InChI is InChI=1S/C26H20ClN3O3/c1-15-3-13-20(14-4-15)30-24(17-5-7-18(8-6-17)26(32)33-2)21-22(28-29-23(21)25(30)31)16-9-11-19(27)12-10-16/h3-14,24H,1-2H3,(H,28,29)/t24-/m0/s1. The van der Waals surface area contributed by atoms with Crippen molar-refractivity contribution in [2.45, 2.75) is 13.0 Å². The van der Waals surface area contributed by atoms with Gasteiger partial charge in [0.05, 0.1) is 24.4 Å². The second kappa shape index (κ2) is 8.22. The highest BCUT2D eigenvalue weighted by Gasteiger charge is 2.43. The van der Waals surface area contributed by atoms with Gasteiger partial charge < -0.3 is 4.74 Å². The maximum Gasteiger partial charge on any atom is 0.337 e. The van der Waals surface area contributed by atoms with Gasteiger partial charge in [0, 0.05) is 21.8 Å². The van der Waals surface area contributed by atoms with Crippen molar-refractivity contribution >= 4 is 29.2 Å². The molecule has 0 aliphatic carbocycles. The number of halogens is 1. The second-order valence-corrected chi connectivity index (χ2v) is 8.33. The van der Waals surface area contributed by atoms with E-state index >= 15 is 0 Å². The number of hydrogen-bond donors (Lipinski definition) is 1. The highest BCUT2D eigenvalue weighted by atomic mass is 35.5. The molecule has 1 aromatic heterocycles. The lowest BCUT2D eigenvalue weighted by Crippen LogP contribution is -2.29. The van der Waals surface area contributed by atoms with E-state index in [9.17, 15) is 9.59 Å². The molecule has 1 aliphatic rings. The van der Waals surface area contributed by atoms with E-state index in [1.165, 1.54) is 7.11 Å². The smallest absolute Gasteiger partial charge is 0.337 e. The molecule has 0 fully saturated rings. The van der Waals surface area contributed by atoms with Gasteiger partial charge in [-0.05, 0) is 48.9 Å². The average Bonchev–Trinajstić information content (AvgIpc) is 3.39. The number of hydrogen-bond acceptors (Lipinski definition) is 4. The van der Waals surface area contributed by atoms with Crippen LogP contribution in [0.25, 0.3) is 11.3 Å². The average molecular weight is 458 g/mol. The van der Waals surface area contributed by atoms with E-state index in [2.05, 4.69) is 10.2 Å². The summed E-state index contributed by atoms with van der Waals surface area (Å²) in [6.45, 7) is 2.00. The zero-order valence-electron chi connectivity index (χ0n) is 18.0. The van der Waals surface area contributed by atoms with E-state index in [1.807, 2.05) is 55.5 Å². The van der Waals surface area contributed by atoms with Crippen LogP contribution in [-0.4, -0.2) is 29.2 Å². The Morgan fingerprint density at radius 3 is 2.30 bits per heavy atom. The van der Waals surface area contributed by atoms with Crippen LogP contribution in [0.2, 0.25) is 5.02 Å². The molecule has 3 aromatic carbocycles. The molecular formula is C26H20ClN3O3. The summed E-state index contributed by atoms with van der Waals surface area (Å²) in [5.74, 6) is -0.575. The molecule has 0 unspecified atom stereocenters. The number of rotatable bonds is 4. The first-order valence-corrected chi connectivity index (χ1v) is 10.8. The predicted molar refractivity (Wildman–Crippen MR) is 127 cm³/mol. The normalized spacial score (nSPS) is 14.9. The number of carbonyl (C=O) groups excluding carboxylic acids is 2. The molecule has 0 spiro atoms. The topological polar surface area (TPSA) is 75.3 Å². The van der Waals surface area contributed by atoms with E-state index < -0.39 is 12.0 Å². The number of aromatic amines is 1. The number of carbonyl (C=O) groups is 2. The van der Waals surface area contributed by atoms with Gasteiger partial charge in [0.2, 0.25) is 0 Å². The van der Waals surface area contributed by atoms with Crippen LogP contribution in [0.15, 0.2) is 72.8 Å². The van der Waals surface area contributed by atoms with Gasteiger partial charge in [-0.2, -0.15) is 5.10 Å². The third-order valence-corrected chi connectivity index (χ3v) is 6.10. The van der Waals surface area contributed by atoms with E-state index in [4.69, 9.17) is 16.3 Å². The fourth-order valence-electron chi connectivity index (χ4n) is 4.18. The first-order valence-electron chi connectivity index (χ1n) is 10.4. The van der Waals surface area contributed by atoms with Crippen LogP contribution in [-0.2, 0) is 4.74 Å². The Bertz CT molecular complexity index is 1340.